The lowest BCUT2D eigenvalue weighted by molar-refractivity contribution is -0.118. The van der Waals surface area contributed by atoms with Crippen molar-refractivity contribution in [3.8, 4) is 6.07 Å². The van der Waals surface area contributed by atoms with Crippen LogP contribution in [0.2, 0.25) is 5.02 Å². The number of rotatable bonds is 4. The second-order valence-electron chi connectivity index (χ2n) is 8.56. The summed E-state index contributed by atoms with van der Waals surface area (Å²) in [6.07, 6.45) is 1.14. The fourth-order valence-corrected chi connectivity index (χ4v) is 6.75. The Labute approximate surface area is 196 Å². The maximum Gasteiger partial charge on any atom is 0.162 e. The topological polar surface area (TPSA) is 70.1 Å². The number of carbonyl (C=O) groups is 1. The fraction of sp³-hybridized carbons (Fsp3) is 0.333. The lowest BCUT2D eigenvalue weighted by atomic mass is 9.69. The molecule has 0 fully saturated rings. The lowest BCUT2D eigenvalue weighted by Crippen LogP contribution is -2.42. The monoisotopic (exact) mass is 469 g/mol. The van der Waals surface area contributed by atoms with Crippen molar-refractivity contribution in [2.24, 2.45) is 11.1 Å². The molecule has 2 aliphatic rings. The minimum Gasteiger partial charge on any atom is -0.384 e. The highest BCUT2D eigenvalue weighted by Gasteiger charge is 2.45. The van der Waals surface area contributed by atoms with Gasteiger partial charge in [-0.25, -0.2) is 0 Å². The molecule has 1 aliphatic heterocycles. The Bertz CT molecular complexity index is 1160. The van der Waals surface area contributed by atoms with Crippen molar-refractivity contribution in [3.05, 3.63) is 69.0 Å². The van der Waals surface area contributed by atoms with Gasteiger partial charge in [0.15, 0.2) is 5.78 Å². The number of allylic oxidation sites excluding steroid dienone is 3. The SMILES string of the molecule is CCSc1sccc1[C@@H]1C(C#N)=C(N)N(c2cccc(Cl)c2)C2=C1C(=O)CC(C)(C)C2. The summed E-state index contributed by atoms with van der Waals surface area (Å²) in [7, 11) is 0. The van der Waals surface area contributed by atoms with Crippen molar-refractivity contribution >= 4 is 46.2 Å². The highest BCUT2D eigenvalue weighted by molar-refractivity contribution is 8.01. The van der Waals surface area contributed by atoms with Crippen LogP contribution in [0, 0.1) is 16.7 Å². The Morgan fingerprint density at radius 3 is 2.81 bits per heavy atom. The number of thiophene rings is 1. The Balaban J connectivity index is 2.00. The third kappa shape index (κ3) is 3.91. The predicted octanol–water partition coefficient (Wildman–Crippen LogP) is 6.45. The Hall–Kier alpha value is -2.20. The molecule has 1 aliphatic carbocycles. The molecule has 0 saturated carbocycles. The van der Waals surface area contributed by atoms with Crippen LogP contribution in [0.5, 0.6) is 0 Å². The van der Waals surface area contributed by atoms with Crippen molar-refractivity contribution in [2.45, 2.75) is 43.7 Å². The van der Waals surface area contributed by atoms with Gasteiger partial charge in [0, 0.05) is 28.4 Å². The smallest absolute Gasteiger partial charge is 0.162 e. The quantitative estimate of drug-likeness (QED) is 0.520. The number of halogens is 1. The second-order valence-corrected chi connectivity index (χ2v) is 11.4. The van der Waals surface area contributed by atoms with E-state index in [-0.39, 0.29) is 11.2 Å². The molecule has 2 aromatic rings. The van der Waals surface area contributed by atoms with Gasteiger partial charge in [0.1, 0.15) is 5.82 Å². The minimum absolute atomic E-state index is 0.0853. The fourth-order valence-electron chi connectivity index (χ4n) is 4.50. The minimum atomic E-state index is -0.431. The molecular formula is C24H24ClN3OS2. The molecule has 0 unspecified atom stereocenters. The van der Waals surface area contributed by atoms with Gasteiger partial charge in [-0.2, -0.15) is 5.26 Å². The molecule has 31 heavy (non-hydrogen) atoms. The summed E-state index contributed by atoms with van der Waals surface area (Å²) in [5, 5.41) is 12.8. The van der Waals surface area contributed by atoms with E-state index in [1.165, 1.54) is 0 Å². The summed E-state index contributed by atoms with van der Waals surface area (Å²) in [5.74, 6) is 0.946. The molecule has 0 radical (unpaired) electrons. The van der Waals surface area contributed by atoms with Crippen LogP contribution in [0.1, 0.15) is 45.1 Å². The molecule has 1 aromatic carbocycles. The van der Waals surface area contributed by atoms with Gasteiger partial charge in [0.2, 0.25) is 0 Å². The molecule has 1 aromatic heterocycles. The molecule has 2 N–H and O–H groups in total. The van der Waals surface area contributed by atoms with E-state index in [4.69, 9.17) is 17.3 Å². The van der Waals surface area contributed by atoms with Crippen molar-refractivity contribution in [1.82, 2.24) is 0 Å². The van der Waals surface area contributed by atoms with E-state index < -0.39 is 5.92 Å². The third-order valence-electron chi connectivity index (χ3n) is 5.69. The molecule has 1 atom stereocenters. The van der Waals surface area contributed by atoms with Crippen LogP contribution < -0.4 is 10.6 Å². The number of carbonyl (C=O) groups excluding carboxylic acids is 1. The molecule has 160 valence electrons. The van der Waals surface area contributed by atoms with Gasteiger partial charge in [-0.15, -0.1) is 23.1 Å². The van der Waals surface area contributed by atoms with Crippen molar-refractivity contribution < 1.29 is 4.79 Å². The number of nitriles is 1. The van der Waals surface area contributed by atoms with Gasteiger partial charge in [-0.05, 0) is 52.8 Å². The van der Waals surface area contributed by atoms with Crippen LogP contribution >= 0.6 is 34.7 Å². The van der Waals surface area contributed by atoms with E-state index in [0.717, 1.165) is 26.9 Å². The van der Waals surface area contributed by atoms with E-state index in [0.29, 0.717) is 34.8 Å². The number of benzene rings is 1. The van der Waals surface area contributed by atoms with E-state index in [1.54, 1.807) is 29.2 Å². The Morgan fingerprint density at radius 2 is 2.13 bits per heavy atom. The van der Waals surface area contributed by atoms with Crippen LogP contribution in [-0.4, -0.2) is 11.5 Å². The number of hydrogen-bond acceptors (Lipinski definition) is 6. The molecule has 7 heteroatoms. The maximum absolute atomic E-state index is 13.5. The summed E-state index contributed by atoms with van der Waals surface area (Å²) >= 11 is 9.66. The molecule has 0 spiro atoms. The maximum atomic E-state index is 13.5. The van der Waals surface area contributed by atoms with Crippen molar-refractivity contribution in [1.29, 1.82) is 5.26 Å². The van der Waals surface area contributed by atoms with Crippen LogP contribution in [0.15, 0.2) is 62.6 Å². The summed E-state index contributed by atoms with van der Waals surface area (Å²) < 4.78 is 1.13. The number of nitrogens with two attached hydrogens (primary N) is 1. The van der Waals surface area contributed by atoms with Crippen LogP contribution in [0.4, 0.5) is 5.69 Å². The molecular weight excluding hydrogens is 446 g/mol. The highest BCUT2D eigenvalue weighted by Crippen LogP contribution is 2.52. The second kappa shape index (κ2) is 8.38. The van der Waals surface area contributed by atoms with Crippen LogP contribution in [-0.2, 0) is 4.79 Å². The number of nitrogens with zero attached hydrogens (tertiary/aromatic N) is 2. The highest BCUT2D eigenvalue weighted by atomic mass is 35.5. The Morgan fingerprint density at radius 1 is 1.35 bits per heavy atom. The average molecular weight is 470 g/mol. The third-order valence-corrected chi connectivity index (χ3v) is 8.08. The first-order valence-electron chi connectivity index (χ1n) is 10.2. The van der Waals surface area contributed by atoms with Crippen LogP contribution in [0.3, 0.4) is 0 Å². The van der Waals surface area contributed by atoms with E-state index in [9.17, 15) is 10.1 Å². The number of thioether (sulfide) groups is 1. The average Bonchev–Trinajstić information content (AvgIpc) is 3.14. The summed E-state index contributed by atoms with van der Waals surface area (Å²) in [5.41, 5.74) is 10.2. The standard InChI is InChI=1S/C24H24ClN3OS2/c1-4-30-23-16(8-9-31-23)20-17(13-26)22(27)28(15-7-5-6-14(25)10-15)18-11-24(2,3)12-19(29)21(18)20/h5-10,20H,4,11-12,27H2,1-3H3/t20-/m1/s1. The van der Waals surface area contributed by atoms with Crippen molar-refractivity contribution in [2.75, 3.05) is 10.7 Å². The number of Topliss-reactive ketones (excluding diaryl/α,β-unsaturated/α-hetero) is 1. The van der Waals surface area contributed by atoms with E-state index >= 15 is 0 Å². The van der Waals surface area contributed by atoms with Gasteiger partial charge < -0.3 is 5.73 Å². The summed E-state index contributed by atoms with van der Waals surface area (Å²) in [6, 6.07) is 11.8. The van der Waals surface area contributed by atoms with Gasteiger partial charge in [-0.3, -0.25) is 9.69 Å². The molecule has 4 rings (SSSR count). The van der Waals surface area contributed by atoms with E-state index in [1.807, 2.05) is 34.5 Å². The number of hydrogen-bond donors (Lipinski definition) is 1. The molecule has 0 bridgehead atoms. The molecule has 0 saturated heterocycles. The van der Waals surface area contributed by atoms with Gasteiger partial charge in [0.25, 0.3) is 0 Å². The molecule has 0 amide bonds. The predicted molar refractivity (Wildman–Crippen MR) is 129 cm³/mol. The lowest BCUT2D eigenvalue weighted by Gasteiger charge is -2.43. The first kappa shape index (κ1) is 22.0. The molecule has 2 heterocycles. The van der Waals surface area contributed by atoms with Gasteiger partial charge in [-0.1, -0.05) is 38.4 Å². The summed E-state index contributed by atoms with van der Waals surface area (Å²) in [4.78, 5) is 15.4. The van der Waals surface area contributed by atoms with Gasteiger partial charge in [0.05, 0.1) is 21.8 Å². The molecule has 4 nitrogen and oxygen atoms in total. The Kier molecular flexibility index (Phi) is 5.95. The number of anilines is 1. The largest absolute Gasteiger partial charge is 0.384 e. The number of ketones is 1. The first-order chi connectivity index (χ1) is 14.8. The zero-order valence-corrected chi connectivity index (χ0v) is 20.1. The van der Waals surface area contributed by atoms with E-state index in [2.05, 4.69) is 26.8 Å². The first-order valence-corrected chi connectivity index (χ1v) is 12.4. The van der Waals surface area contributed by atoms with Crippen molar-refractivity contribution in [3.63, 3.8) is 0 Å². The zero-order chi connectivity index (χ0) is 22.3. The van der Waals surface area contributed by atoms with Gasteiger partial charge >= 0.3 is 0 Å². The van der Waals surface area contributed by atoms with Crippen LogP contribution in [0.25, 0.3) is 0 Å². The normalized spacial score (nSPS) is 20.7. The summed E-state index contributed by atoms with van der Waals surface area (Å²) in [6.45, 7) is 6.30. The zero-order valence-electron chi connectivity index (χ0n) is 17.7.